The summed E-state index contributed by atoms with van der Waals surface area (Å²) < 4.78 is 35.3. The molecular weight excluding hydrogens is 254 g/mol. The lowest BCUT2D eigenvalue weighted by Crippen LogP contribution is -2.38. The summed E-state index contributed by atoms with van der Waals surface area (Å²) in [5.41, 5.74) is 0. The Bertz CT molecular complexity index is 549. The molecule has 0 aliphatic carbocycles. The Balaban J connectivity index is 1.93. The zero-order valence-electron chi connectivity index (χ0n) is 9.89. The molecular formula is C12H15NO4S. The molecule has 0 bridgehead atoms. The van der Waals surface area contributed by atoms with Crippen LogP contribution in [0.4, 0.5) is 0 Å². The Hall–Kier alpha value is -1.27. The molecule has 6 heteroatoms. The predicted octanol–water partition coefficient (Wildman–Crippen LogP) is 0.941. The van der Waals surface area contributed by atoms with Gasteiger partial charge in [0.05, 0.1) is 10.1 Å². The maximum atomic E-state index is 12.5. The van der Waals surface area contributed by atoms with Gasteiger partial charge in [0.15, 0.2) is 21.3 Å². The van der Waals surface area contributed by atoms with Gasteiger partial charge >= 0.3 is 0 Å². The van der Waals surface area contributed by atoms with Gasteiger partial charge in [-0.2, -0.15) is 0 Å². The van der Waals surface area contributed by atoms with Crippen LogP contribution in [0.25, 0.3) is 0 Å². The van der Waals surface area contributed by atoms with Crippen LogP contribution in [0, 0.1) is 0 Å². The van der Waals surface area contributed by atoms with E-state index in [1.165, 1.54) is 0 Å². The van der Waals surface area contributed by atoms with Gasteiger partial charge in [-0.25, -0.2) is 8.42 Å². The van der Waals surface area contributed by atoms with Crippen LogP contribution in [0.3, 0.4) is 0 Å². The summed E-state index contributed by atoms with van der Waals surface area (Å²) in [5, 5.41) is 2.79. The van der Waals surface area contributed by atoms with Crippen molar-refractivity contribution in [1.82, 2.24) is 5.32 Å². The fourth-order valence-electron chi connectivity index (χ4n) is 2.33. The van der Waals surface area contributed by atoms with Crippen LogP contribution in [0.2, 0.25) is 0 Å². The molecule has 3 rings (SSSR count). The number of hydrogen-bond acceptors (Lipinski definition) is 5. The zero-order valence-corrected chi connectivity index (χ0v) is 10.7. The highest BCUT2D eigenvalue weighted by Gasteiger charge is 2.30. The smallest absolute Gasteiger partial charge is 0.231 e. The van der Waals surface area contributed by atoms with Gasteiger partial charge in [0.2, 0.25) is 6.79 Å². The van der Waals surface area contributed by atoms with Gasteiger partial charge in [-0.3, -0.25) is 0 Å². The van der Waals surface area contributed by atoms with Gasteiger partial charge in [0.1, 0.15) is 0 Å². The van der Waals surface area contributed by atoms with E-state index in [0.717, 1.165) is 13.0 Å². The lowest BCUT2D eigenvalue weighted by atomic mass is 10.2. The number of sulfone groups is 1. The predicted molar refractivity (Wildman–Crippen MR) is 65.6 cm³/mol. The molecule has 1 fully saturated rings. The lowest BCUT2D eigenvalue weighted by Gasteiger charge is -2.22. The number of benzene rings is 1. The molecule has 18 heavy (non-hydrogen) atoms. The molecule has 0 spiro atoms. The van der Waals surface area contributed by atoms with Crippen LogP contribution in [-0.4, -0.2) is 33.6 Å². The first-order valence-electron chi connectivity index (χ1n) is 6.02. The van der Waals surface area contributed by atoms with Crippen molar-refractivity contribution in [3.8, 4) is 11.5 Å². The number of rotatable bonds is 2. The molecule has 1 unspecified atom stereocenters. The molecule has 98 valence electrons. The van der Waals surface area contributed by atoms with Crippen molar-refractivity contribution < 1.29 is 17.9 Å². The molecule has 1 atom stereocenters. The summed E-state index contributed by atoms with van der Waals surface area (Å²) in [7, 11) is -3.28. The van der Waals surface area contributed by atoms with E-state index in [1.54, 1.807) is 18.2 Å². The van der Waals surface area contributed by atoms with Gasteiger partial charge in [-0.1, -0.05) is 0 Å². The number of ether oxygens (including phenoxy) is 2. The van der Waals surface area contributed by atoms with Crippen molar-refractivity contribution >= 4 is 9.84 Å². The van der Waals surface area contributed by atoms with Crippen molar-refractivity contribution in [1.29, 1.82) is 0 Å². The average molecular weight is 269 g/mol. The fraction of sp³-hybridized carbons (Fsp3) is 0.500. The van der Waals surface area contributed by atoms with Gasteiger partial charge in [0, 0.05) is 12.6 Å². The van der Waals surface area contributed by atoms with E-state index in [0.29, 0.717) is 29.4 Å². The lowest BCUT2D eigenvalue weighted by molar-refractivity contribution is 0.174. The zero-order chi connectivity index (χ0) is 12.6. The van der Waals surface area contributed by atoms with Gasteiger partial charge in [-0.15, -0.1) is 0 Å². The molecule has 0 aromatic heterocycles. The van der Waals surface area contributed by atoms with Crippen molar-refractivity contribution in [2.45, 2.75) is 23.0 Å². The fourth-order valence-corrected chi connectivity index (χ4v) is 4.06. The maximum Gasteiger partial charge on any atom is 0.231 e. The molecule has 1 saturated heterocycles. The summed E-state index contributed by atoms with van der Waals surface area (Å²) in [6.07, 6.45) is 1.61. The molecule has 5 nitrogen and oxygen atoms in total. The molecule has 0 radical (unpaired) electrons. The van der Waals surface area contributed by atoms with E-state index in [9.17, 15) is 8.42 Å². The van der Waals surface area contributed by atoms with Crippen LogP contribution in [0.15, 0.2) is 23.1 Å². The minimum absolute atomic E-state index is 0.157. The highest BCUT2D eigenvalue weighted by atomic mass is 32.2. The van der Waals surface area contributed by atoms with Crippen LogP contribution in [0.1, 0.15) is 12.8 Å². The molecule has 1 aromatic rings. The molecule has 1 N–H and O–H groups in total. The van der Waals surface area contributed by atoms with Crippen molar-refractivity contribution in [3.63, 3.8) is 0 Å². The first kappa shape index (κ1) is 11.8. The number of nitrogens with one attached hydrogen (secondary N) is 1. The Labute approximate surface area is 106 Å². The summed E-state index contributed by atoms with van der Waals surface area (Å²) in [4.78, 5) is 0.320. The van der Waals surface area contributed by atoms with E-state index in [-0.39, 0.29) is 12.0 Å². The Morgan fingerprint density at radius 2 is 2.06 bits per heavy atom. The highest BCUT2D eigenvalue weighted by molar-refractivity contribution is 7.92. The molecule has 2 aliphatic rings. The van der Waals surface area contributed by atoms with Gasteiger partial charge < -0.3 is 14.8 Å². The second-order valence-corrected chi connectivity index (χ2v) is 6.76. The van der Waals surface area contributed by atoms with E-state index < -0.39 is 9.84 Å². The minimum Gasteiger partial charge on any atom is -0.454 e. The topological polar surface area (TPSA) is 64.6 Å². The van der Waals surface area contributed by atoms with E-state index in [2.05, 4.69) is 5.32 Å². The Morgan fingerprint density at radius 1 is 1.22 bits per heavy atom. The maximum absolute atomic E-state index is 12.5. The molecule has 0 saturated carbocycles. The van der Waals surface area contributed by atoms with E-state index in [1.807, 2.05) is 0 Å². The summed E-state index contributed by atoms with van der Waals surface area (Å²) >= 11 is 0. The van der Waals surface area contributed by atoms with Crippen molar-refractivity contribution in [2.24, 2.45) is 0 Å². The average Bonchev–Trinajstić information content (AvgIpc) is 2.87. The SMILES string of the molecule is O=S(=O)(c1ccc2c(c1)OCO2)C1CCCNC1. The third kappa shape index (κ3) is 1.95. The van der Waals surface area contributed by atoms with Crippen LogP contribution >= 0.6 is 0 Å². The van der Waals surface area contributed by atoms with Gasteiger partial charge in [0.25, 0.3) is 0 Å². The number of piperidine rings is 1. The Kier molecular flexibility index (Phi) is 2.91. The third-order valence-corrected chi connectivity index (χ3v) is 5.55. The van der Waals surface area contributed by atoms with E-state index >= 15 is 0 Å². The highest BCUT2D eigenvalue weighted by Crippen LogP contribution is 2.35. The molecule has 0 amide bonds. The third-order valence-electron chi connectivity index (χ3n) is 3.36. The molecule has 1 aromatic carbocycles. The summed E-state index contributed by atoms with van der Waals surface area (Å²) in [5.74, 6) is 1.12. The quantitative estimate of drug-likeness (QED) is 0.865. The Morgan fingerprint density at radius 3 is 2.83 bits per heavy atom. The van der Waals surface area contributed by atoms with Gasteiger partial charge in [-0.05, 0) is 31.5 Å². The largest absolute Gasteiger partial charge is 0.454 e. The first-order valence-corrected chi connectivity index (χ1v) is 7.57. The summed E-state index contributed by atoms with van der Waals surface area (Å²) in [6.45, 7) is 1.58. The standard InChI is InChI=1S/C12H15NO4S/c14-18(15,10-2-1-5-13-7-10)9-3-4-11-12(6-9)17-8-16-11/h3-4,6,10,13H,1-2,5,7-8H2. The first-order chi connectivity index (χ1) is 8.68. The van der Waals surface area contributed by atoms with E-state index in [4.69, 9.17) is 9.47 Å². The number of hydrogen-bond donors (Lipinski definition) is 1. The van der Waals surface area contributed by atoms with Crippen LogP contribution in [-0.2, 0) is 9.84 Å². The van der Waals surface area contributed by atoms with Crippen molar-refractivity contribution in [2.75, 3.05) is 19.9 Å². The monoisotopic (exact) mass is 269 g/mol. The van der Waals surface area contributed by atoms with Crippen LogP contribution < -0.4 is 14.8 Å². The minimum atomic E-state index is -3.28. The van der Waals surface area contributed by atoms with Crippen molar-refractivity contribution in [3.05, 3.63) is 18.2 Å². The summed E-state index contributed by atoms with van der Waals surface area (Å²) in [6, 6.07) is 4.81. The second-order valence-electron chi connectivity index (χ2n) is 4.53. The second kappa shape index (κ2) is 4.44. The number of fused-ring (bicyclic) bond motifs is 1. The molecule has 2 aliphatic heterocycles. The molecule has 2 heterocycles. The normalized spacial score (nSPS) is 23.0. The van der Waals surface area contributed by atoms with Crippen LogP contribution in [0.5, 0.6) is 11.5 Å².